The van der Waals surface area contributed by atoms with Crippen molar-refractivity contribution in [3.8, 4) is 0 Å². The lowest BCUT2D eigenvalue weighted by Crippen LogP contribution is -2.35. The summed E-state index contributed by atoms with van der Waals surface area (Å²) in [6, 6.07) is 21.8. The minimum Gasteiger partial charge on any atom is -0.298 e. The van der Waals surface area contributed by atoms with E-state index in [2.05, 4.69) is 46.7 Å². The topological polar surface area (TPSA) is 54.0 Å². The monoisotopic (exact) mass is 417 g/mol. The number of hydrogen-bond donors (Lipinski definition) is 2. The molecule has 0 aliphatic rings. The van der Waals surface area contributed by atoms with Crippen LogP contribution in [0.5, 0.6) is 0 Å². The van der Waals surface area contributed by atoms with Gasteiger partial charge in [-0.05, 0) is 41.3 Å². The molecule has 4 nitrogen and oxygen atoms in total. The van der Waals surface area contributed by atoms with E-state index in [0.29, 0.717) is 11.3 Å². The molecule has 2 N–H and O–H groups in total. The average molecular weight is 418 g/mol. The summed E-state index contributed by atoms with van der Waals surface area (Å²) < 4.78 is 0. The maximum absolute atomic E-state index is 12.3. The Kier molecular flexibility index (Phi) is 5.93. The third kappa shape index (κ3) is 4.67. The van der Waals surface area contributed by atoms with Crippen molar-refractivity contribution < 1.29 is 4.79 Å². The van der Waals surface area contributed by atoms with Gasteiger partial charge in [-0.3, -0.25) is 20.6 Å². The molecule has 0 saturated heterocycles. The molecule has 2 aromatic heterocycles. The quantitative estimate of drug-likeness (QED) is 0.308. The molecule has 0 fully saturated rings. The van der Waals surface area contributed by atoms with E-state index in [4.69, 9.17) is 0 Å². The number of carbonyl (C=O) groups is 1. The van der Waals surface area contributed by atoms with Crippen LogP contribution in [-0.2, 0) is 5.75 Å². The lowest BCUT2D eigenvalue weighted by Gasteiger charge is -2.10. The van der Waals surface area contributed by atoms with Crippen LogP contribution < -0.4 is 10.9 Å². The molecule has 144 valence electrons. The number of benzene rings is 2. The first-order chi connectivity index (χ1) is 14.2. The predicted molar refractivity (Wildman–Crippen MR) is 122 cm³/mol. The van der Waals surface area contributed by atoms with Gasteiger partial charge in [-0.15, -0.1) is 23.1 Å². The van der Waals surface area contributed by atoms with Crippen molar-refractivity contribution in [2.24, 2.45) is 0 Å². The van der Waals surface area contributed by atoms with Gasteiger partial charge in [0.1, 0.15) is 0 Å². The SMILES string of the molecule is C=C(NNC(=O)c1ccc(CSc2cccc3cccnc23)cc1)c1cccs1. The molecule has 1 amide bonds. The maximum Gasteiger partial charge on any atom is 0.269 e. The van der Waals surface area contributed by atoms with E-state index in [9.17, 15) is 4.79 Å². The second-order valence-corrected chi connectivity index (χ2v) is 8.32. The number of thioether (sulfide) groups is 1. The van der Waals surface area contributed by atoms with Crippen molar-refractivity contribution in [2.45, 2.75) is 10.6 Å². The molecule has 0 aliphatic carbocycles. The number of para-hydroxylation sites is 1. The van der Waals surface area contributed by atoms with Gasteiger partial charge >= 0.3 is 0 Å². The number of aromatic nitrogens is 1. The first-order valence-corrected chi connectivity index (χ1v) is 10.9. The lowest BCUT2D eigenvalue weighted by molar-refractivity contribution is 0.0942. The summed E-state index contributed by atoms with van der Waals surface area (Å²) in [5.41, 5.74) is 8.99. The normalized spacial score (nSPS) is 10.6. The van der Waals surface area contributed by atoms with E-state index in [-0.39, 0.29) is 5.91 Å². The summed E-state index contributed by atoms with van der Waals surface area (Å²) in [6.07, 6.45) is 1.82. The van der Waals surface area contributed by atoms with Crippen LogP contribution in [0.3, 0.4) is 0 Å². The Morgan fingerprint density at radius 1 is 1.00 bits per heavy atom. The maximum atomic E-state index is 12.3. The van der Waals surface area contributed by atoms with Gasteiger partial charge in [0.05, 0.1) is 16.1 Å². The Morgan fingerprint density at radius 3 is 2.62 bits per heavy atom. The van der Waals surface area contributed by atoms with Crippen molar-refractivity contribution in [2.75, 3.05) is 0 Å². The van der Waals surface area contributed by atoms with Gasteiger partial charge in [-0.2, -0.15) is 0 Å². The number of fused-ring (bicyclic) bond motifs is 1. The first-order valence-electron chi connectivity index (χ1n) is 9.05. The number of carbonyl (C=O) groups excluding carboxylic acids is 1. The van der Waals surface area contributed by atoms with Crippen molar-refractivity contribution in [3.63, 3.8) is 0 Å². The minimum atomic E-state index is -0.194. The Labute approximate surface area is 177 Å². The van der Waals surface area contributed by atoms with Crippen LogP contribution in [0.25, 0.3) is 16.6 Å². The van der Waals surface area contributed by atoms with E-state index in [1.165, 1.54) is 0 Å². The number of nitrogens with one attached hydrogen (secondary N) is 2. The number of hydrazine groups is 1. The number of thiophene rings is 1. The highest BCUT2D eigenvalue weighted by Gasteiger charge is 2.07. The number of rotatable bonds is 7. The largest absolute Gasteiger partial charge is 0.298 e. The van der Waals surface area contributed by atoms with Gasteiger partial charge < -0.3 is 0 Å². The van der Waals surface area contributed by atoms with E-state index >= 15 is 0 Å². The van der Waals surface area contributed by atoms with Crippen LogP contribution in [0, 0.1) is 0 Å². The van der Waals surface area contributed by atoms with Gasteiger partial charge in [0.2, 0.25) is 0 Å². The highest BCUT2D eigenvalue weighted by Crippen LogP contribution is 2.28. The summed E-state index contributed by atoms with van der Waals surface area (Å²) in [6.45, 7) is 3.93. The van der Waals surface area contributed by atoms with Gasteiger partial charge in [0, 0.05) is 27.8 Å². The van der Waals surface area contributed by atoms with Crippen LogP contribution in [0.2, 0.25) is 0 Å². The number of amides is 1. The molecule has 2 heterocycles. The highest BCUT2D eigenvalue weighted by molar-refractivity contribution is 7.98. The number of pyridine rings is 1. The second kappa shape index (κ2) is 8.94. The predicted octanol–water partition coefficient (Wildman–Crippen LogP) is 5.49. The molecule has 0 spiro atoms. The molecule has 0 unspecified atom stereocenters. The van der Waals surface area contributed by atoms with Gasteiger partial charge in [0.25, 0.3) is 5.91 Å². The molecule has 2 aromatic carbocycles. The molecule has 0 saturated carbocycles. The summed E-state index contributed by atoms with van der Waals surface area (Å²) in [5, 5.41) is 3.11. The van der Waals surface area contributed by atoms with Crippen LogP contribution in [0.1, 0.15) is 20.8 Å². The molecule has 0 aliphatic heterocycles. The number of hydrogen-bond acceptors (Lipinski definition) is 5. The van der Waals surface area contributed by atoms with E-state index in [1.807, 2.05) is 54.0 Å². The molecule has 6 heteroatoms. The smallest absolute Gasteiger partial charge is 0.269 e. The molecule has 29 heavy (non-hydrogen) atoms. The summed E-state index contributed by atoms with van der Waals surface area (Å²) in [5.74, 6) is 0.616. The highest BCUT2D eigenvalue weighted by atomic mass is 32.2. The van der Waals surface area contributed by atoms with Gasteiger partial charge in [-0.1, -0.05) is 43.0 Å². The Bertz CT molecular complexity index is 1130. The molecule has 4 rings (SSSR count). The van der Waals surface area contributed by atoms with E-state index in [0.717, 1.165) is 32.0 Å². The molecule has 4 aromatic rings. The Morgan fingerprint density at radius 2 is 1.83 bits per heavy atom. The molecule has 0 radical (unpaired) electrons. The van der Waals surface area contributed by atoms with Gasteiger partial charge in [0.15, 0.2) is 0 Å². The molecular weight excluding hydrogens is 398 g/mol. The zero-order valence-electron chi connectivity index (χ0n) is 15.6. The molecular formula is C23H19N3OS2. The second-order valence-electron chi connectivity index (χ2n) is 6.35. The fourth-order valence-electron chi connectivity index (χ4n) is 2.82. The average Bonchev–Trinajstić information content (AvgIpc) is 3.31. The van der Waals surface area contributed by atoms with Crippen molar-refractivity contribution in [3.05, 3.63) is 101 Å². The van der Waals surface area contributed by atoms with Crippen LogP contribution in [0.4, 0.5) is 0 Å². The fraction of sp³-hybridized carbons (Fsp3) is 0.0435. The number of nitrogens with zero attached hydrogens (tertiary/aromatic N) is 1. The third-order valence-electron chi connectivity index (χ3n) is 4.35. The third-order valence-corrected chi connectivity index (χ3v) is 6.40. The van der Waals surface area contributed by atoms with Crippen molar-refractivity contribution in [1.82, 2.24) is 15.8 Å². The van der Waals surface area contributed by atoms with E-state index in [1.54, 1.807) is 23.1 Å². The minimum absolute atomic E-state index is 0.194. The first kappa shape index (κ1) is 19.2. The lowest BCUT2D eigenvalue weighted by atomic mass is 10.1. The fourth-order valence-corrected chi connectivity index (χ4v) is 4.47. The Hall–Kier alpha value is -3.09. The van der Waals surface area contributed by atoms with Crippen LogP contribution in [-0.4, -0.2) is 10.9 Å². The molecule has 0 bridgehead atoms. The standard InChI is InChI=1S/C23H19N3OS2/c1-16(20-8-4-14-28-20)25-26-23(27)19-11-9-17(10-12-19)15-29-21-7-2-5-18-6-3-13-24-22(18)21/h2-14,25H,1,15H2,(H,26,27). The van der Waals surface area contributed by atoms with Crippen molar-refractivity contribution in [1.29, 1.82) is 0 Å². The molecule has 0 atom stereocenters. The van der Waals surface area contributed by atoms with Crippen molar-refractivity contribution >= 4 is 45.6 Å². The summed E-state index contributed by atoms with van der Waals surface area (Å²) in [4.78, 5) is 19.0. The van der Waals surface area contributed by atoms with E-state index < -0.39 is 0 Å². The van der Waals surface area contributed by atoms with Crippen LogP contribution in [0.15, 0.2) is 89.8 Å². The summed E-state index contributed by atoms with van der Waals surface area (Å²) in [7, 11) is 0. The van der Waals surface area contributed by atoms with Gasteiger partial charge in [-0.25, -0.2) is 0 Å². The zero-order chi connectivity index (χ0) is 20.1. The zero-order valence-corrected chi connectivity index (χ0v) is 17.2. The Balaban J connectivity index is 1.35. The summed E-state index contributed by atoms with van der Waals surface area (Å²) >= 11 is 3.31. The van der Waals surface area contributed by atoms with Crippen LogP contribution >= 0.6 is 23.1 Å².